The zero-order chi connectivity index (χ0) is 29.1. The smallest absolute Gasteiger partial charge is 0.303 e. The highest BCUT2D eigenvalue weighted by atomic mass is 32.1. The van der Waals surface area contributed by atoms with Crippen molar-refractivity contribution in [2.75, 3.05) is 46.0 Å². The summed E-state index contributed by atoms with van der Waals surface area (Å²) >= 11 is 1.63. The third kappa shape index (κ3) is 9.20. The topological polar surface area (TPSA) is 79.3 Å². The van der Waals surface area contributed by atoms with E-state index in [1.807, 2.05) is 29.6 Å². The number of para-hydroxylation sites is 1. The first kappa shape index (κ1) is 26.0. The van der Waals surface area contributed by atoms with Crippen molar-refractivity contribution in [3.8, 4) is 16.2 Å². The van der Waals surface area contributed by atoms with Gasteiger partial charge in [-0.1, -0.05) is 36.4 Å². The Labute approximate surface area is 237 Å². The average Bonchev–Trinajstić information content (AvgIpc) is 3.53. The number of rotatable bonds is 15. The van der Waals surface area contributed by atoms with Crippen molar-refractivity contribution in [1.29, 1.82) is 0 Å². The van der Waals surface area contributed by atoms with Gasteiger partial charge in [-0.2, -0.15) is 0 Å². The van der Waals surface area contributed by atoms with Crippen LogP contribution in [0.1, 0.15) is 50.8 Å². The molecule has 39 heavy (non-hydrogen) atoms. The van der Waals surface area contributed by atoms with Gasteiger partial charge in [0.25, 0.3) is 5.91 Å². The predicted molar refractivity (Wildman–Crippen MR) is 154 cm³/mol. The van der Waals surface area contributed by atoms with Crippen molar-refractivity contribution in [3.05, 3.63) is 77.2 Å². The van der Waals surface area contributed by atoms with Gasteiger partial charge >= 0.3 is 5.97 Å². The van der Waals surface area contributed by atoms with Crippen LogP contribution in [0.3, 0.4) is 0 Å². The second kappa shape index (κ2) is 15.4. The Morgan fingerprint density at radius 2 is 1.79 bits per heavy atom. The van der Waals surface area contributed by atoms with E-state index < -0.39 is 12.5 Å². The van der Waals surface area contributed by atoms with Crippen LogP contribution >= 0.6 is 11.3 Å². The summed E-state index contributed by atoms with van der Waals surface area (Å²) in [6.45, 7) is 2.20. The average molecular weight is 553 g/mol. The van der Waals surface area contributed by atoms with Crippen LogP contribution in [0.25, 0.3) is 10.4 Å². The molecule has 1 amide bonds. The number of carboxylic acids is 1. The lowest BCUT2D eigenvalue weighted by Gasteiger charge is -2.29. The third-order valence-corrected chi connectivity index (χ3v) is 7.50. The molecule has 8 heteroatoms. The lowest BCUT2D eigenvalue weighted by molar-refractivity contribution is -0.137. The van der Waals surface area contributed by atoms with E-state index in [2.05, 4.69) is 4.90 Å². The second-order valence-corrected chi connectivity index (χ2v) is 10.4. The number of carbonyl (C=O) groups excluding carboxylic acids is 1. The number of benzene rings is 2. The summed E-state index contributed by atoms with van der Waals surface area (Å²) in [5.41, 5.74) is 1.73. The van der Waals surface area contributed by atoms with Crippen molar-refractivity contribution in [3.63, 3.8) is 0 Å². The largest absolute Gasteiger partial charge is 0.493 e. The summed E-state index contributed by atoms with van der Waals surface area (Å²) in [6.07, 6.45) is 2.66. The predicted octanol–water partition coefficient (Wildman–Crippen LogP) is 5.80. The number of ether oxygens (including phenoxy) is 2. The number of morpholine rings is 1. The number of unbranched alkanes of at least 4 members (excludes halogenated alkanes) is 2. The summed E-state index contributed by atoms with van der Waals surface area (Å²) in [5, 5.41) is 10.8. The van der Waals surface area contributed by atoms with Crippen LogP contribution in [0.5, 0.6) is 5.75 Å². The van der Waals surface area contributed by atoms with Crippen molar-refractivity contribution < 1.29 is 26.9 Å². The first-order valence-corrected chi connectivity index (χ1v) is 14.4. The van der Waals surface area contributed by atoms with Crippen molar-refractivity contribution in [2.24, 2.45) is 0 Å². The molecule has 0 saturated carbocycles. The fourth-order valence-corrected chi connectivity index (χ4v) is 5.16. The van der Waals surface area contributed by atoms with E-state index in [9.17, 15) is 12.3 Å². The number of carboxylic acid groups (broad SMARTS) is 1. The Balaban J connectivity index is 1.51. The molecule has 1 N–H and O–H groups in total. The lowest BCUT2D eigenvalue weighted by atomic mass is 10.1. The Morgan fingerprint density at radius 3 is 2.54 bits per heavy atom. The fourth-order valence-electron chi connectivity index (χ4n) is 4.43. The highest BCUT2D eigenvalue weighted by molar-refractivity contribution is 7.13. The number of amides is 1. The fraction of sp³-hybridized carbons (Fsp3) is 0.419. The Kier molecular flexibility index (Phi) is 10.3. The van der Waals surface area contributed by atoms with Gasteiger partial charge in [-0.15, -0.1) is 11.3 Å². The van der Waals surface area contributed by atoms with Gasteiger partial charge in [0.2, 0.25) is 0 Å². The second-order valence-electron chi connectivity index (χ2n) is 9.48. The van der Waals surface area contributed by atoms with E-state index in [1.54, 1.807) is 47.7 Å². The maximum absolute atomic E-state index is 13.9. The third-order valence-electron chi connectivity index (χ3n) is 6.58. The standard InChI is InChI=1S/C31H38N2O5S/c34-30(35)11-2-1-5-20-38-28-9-4-3-8-27(28)24-33(17-7-16-32-18-21-37-22-19-32)31(36)26-14-12-25(13-15-26)29-10-6-23-39-29/h3-4,6,8-10,12-15,23H,1-2,5,7,11,16-22,24H2,(H,34,35)/i24D2. The van der Waals surface area contributed by atoms with E-state index in [1.165, 1.54) is 4.90 Å². The molecule has 3 aromatic rings. The minimum Gasteiger partial charge on any atom is -0.493 e. The van der Waals surface area contributed by atoms with Crippen LogP contribution in [0.2, 0.25) is 0 Å². The van der Waals surface area contributed by atoms with E-state index in [0.29, 0.717) is 62.4 Å². The van der Waals surface area contributed by atoms with Gasteiger partial charge in [-0.3, -0.25) is 14.5 Å². The van der Waals surface area contributed by atoms with Gasteiger partial charge in [0.15, 0.2) is 0 Å². The first-order valence-electron chi connectivity index (χ1n) is 14.6. The van der Waals surface area contributed by atoms with Gasteiger partial charge in [0.1, 0.15) is 5.75 Å². The molecule has 0 unspecified atom stereocenters. The molecule has 208 valence electrons. The Morgan fingerprint density at radius 1 is 1.00 bits per heavy atom. The normalized spacial score (nSPS) is 14.9. The maximum atomic E-state index is 13.9. The molecule has 0 spiro atoms. The number of aliphatic carboxylic acids is 1. The van der Waals surface area contributed by atoms with Gasteiger partial charge in [-0.05, 0) is 60.9 Å². The maximum Gasteiger partial charge on any atom is 0.303 e. The molecule has 7 nitrogen and oxygen atoms in total. The molecule has 1 saturated heterocycles. The van der Waals surface area contributed by atoms with E-state index >= 15 is 0 Å². The first-order chi connectivity index (χ1) is 19.9. The Hall–Kier alpha value is -3.20. The van der Waals surface area contributed by atoms with Crippen molar-refractivity contribution in [2.45, 2.75) is 38.6 Å². The van der Waals surface area contributed by atoms with Crippen LogP contribution < -0.4 is 4.74 Å². The number of carbonyl (C=O) groups is 2. The number of thiophene rings is 1. The molecule has 1 aromatic heterocycles. The summed E-state index contributed by atoms with van der Waals surface area (Å²) in [4.78, 5) is 29.4. The highest BCUT2D eigenvalue weighted by Gasteiger charge is 2.19. The molecule has 0 aliphatic carbocycles. The molecule has 1 fully saturated rings. The van der Waals surface area contributed by atoms with Crippen LogP contribution in [0.15, 0.2) is 66.0 Å². The lowest BCUT2D eigenvalue weighted by Crippen LogP contribution is -2.39. The van der Waals surface area contributed by atoms with E-state index in [-0.39, 0.29) is 18.9 Å². The summed E-state index contributed by atoms with van der Waals surface area (Å²) in [5.74, 6) is -0.808. The van der Waals surface area contributed by atoms with Gasteiger partial charge in [0, 0.05) is 55.1 Å². The van der Waals surface area contributed by atoms with Crippen LogP contribution in [0, 0.1) is 0 Å². The highest BCUT2D eigenvalue weighted by Crippen LogP contribution is 2.26. The molecule has 1 aliphatic heterocycles. The quantitative estimate of drug-likeness (QED) is 0.240. The molecular weight excluding hydrogens is 512 g/mol. The SMILES string of the molecule is [2H]C([2H])(c1ccccc1OCCCCCC(=O)O)N(CCCN1CCOCC1)C(=O)c1ccc(-c2cccs2)cc1. The summed E-state index contributed by atoms with van der Waals surface area (Å²) in [6, 6.07) is 18.3. The minimum atomic E-state index is -2.13. The summed E-state index contributed by atoms with van der Waals surface area (Å²) in [7, 11) is 0. The Bertz CT molecular complexity index is 1250. The monoisotopic (exact) mass is 552 g/mol. The minimum absolute atomic E-state index is 0.120. The van der Waals surface area contributed by atoms with E-state index in [0.717, 1.165) is 30.1 Å². The van der Waals surface area contributed by atoms with Gasteiger partial charge in [-0.25, -0.2) is 0 Å². The van der Waals surface area contributed by atoms with Crippen molar-refractivity contribution >= 4 is 23.2 Å². The zero-order valence-corrected chi connectivity index (χ0v) is 23.0. The molecule has 1 aliphatic rings. The van der Waals surface area contributed by atoms with Crippen LogP contribution in [0.4, 0.5) is 0 Å². The molecule has 0 atom stereocenters. The van der Waals surface area contributed by atoms with Crippen molar-refractivity contribution in [1.82, 2.24) is 9.80 Å². The van der Waals surface area contributed by atoms with E-state index in [4.69, 9.17) is 14.6 Å². The molecule has 2 heterocycles. The molecule has 2 aromatic carbocycles. The van der Waals surface area contributed by atoms with Gasteiger partial charge in [0.05, 0.1) is 22.6 Å². The zero-order valence-electron chi connectivity index (χ0n) is 24.2. The van der Waals surface area contributed by atoms with Crippen LogP contribution in [-0.4, -0.2) is 72.8 Å². The summed E-state index contributed by atoms with van der Waals surface area (Å²) < 4.78 is 29.8. The molecule has 0 bridgehead atoms. The molecular formula is C31H38N2O5S. The number of hydrogen-bond acceptors (Lipinski definition) is 6. The number of nitrogens with zero attached hydrogens (tertiary/aromatic N) is 2. The van der Waals surface area contributed by atoms with Crippen LogP contribution in [-0.2, 0) is 16.0 Å². The van der Waals surface area contributed by atoms with Gasteiger partial charge < -0.3 is 19.5 Å². The number of hydrogen-bond donors (Lipinski definition) is 1. The molecule has 4 rings (SSSR count). The molecule has 0 radical (unpaired) electrons.